The fraction of sp³-hybridized carbons (Fsp3) is 1.00. The molecule has 0 aliphatic carbocycles. The van der Waals surface area contributed by atoms with Gasteiger partial charge in [0, 0.05) is 19.1 Å². The Morgan fingerprint density at radius 2 is 1.94 bits per heavy atom. The highest BCUT2D eigenvalue weighted by atomic mass is 15.2. The van der Waals surface area contributed by atoms with Gasteiger partial charge in [0.1, 0.15) is 0 Å². The minimum atomic E-state index is 0.731. The normalized spacial score (nSPS) is 21.4. The molecule has 0 bridgehead atoms. The monoisotopic (exact) mass is 241 g/mol. The van der Waals surface area contributed by atoms with Gasteiger partial charge in [0.2, 0.25) is 0 Å². The van der Waals surface area contributed by atoms with Gasteiger partial charge in [-0.15, -0.1) is 0 Å². The Morgan fingerprint density at radius 1 is 1.12 bits per heavy atom. The first-order valence-corrected chi connectivity index (χ1v) is 7.40. The van der Waals surface area contributed by atoms with Crippen molar-refractivity contribution in [2.75, 3.05) is 46.3 Å². The van der Waals surface area contributed by atoms with E-state index in [1.165, 1.54) is 58.4 Å². The summed E-state index contributed by atoms with van der Waals surface area (Å²) in [4.78, 5) is 5.09. The largest absolute Gasteiger partial charge is 0.314 e. The molecule has 0 saturated carbocycles. The minimum absolute atomic E-state index is 0.731. The zero-order chi connectivity index (χ0) is 12.5. The van der Waals surface area contributed by atoms with Crippen LogP contribution in [-0.2, 0) is 0 Å². The van der Waals surface area contributed by atoms with Crippen molar-refractivity contribution in [1.29, 1.82) is 0 Å². The quantitative estimate of drug-likeness (QED) is 0.733. The average molecular weight is 241 g/mol. The molecule has 1 fully saturated rings. The Hall–Kier alpha value is -0.120. The number of hydrogen-bond acceptors (Lipinski definition) is 3. The number of likely N-dealkylation sites (N-methyl/N-ethyl adjacent to an activating group) is 1. The maximum absolute atomic E-state index is 3.56. The van der Waals surface area contributed by atoms with Gasteiger partial charge in [0.15, 0.2) is 0 Å². The van der Waals surface area contributed by atoms with E-state index in [9.17, 15) is 0 Å². The fourth-order valence-corrected chi connectivity index (χ4v) is 2.62. The van der Waals surface area contributed by atoms with Crippen molar-refractivity contribution in [2.45, 2.75) is 45.6 Å². The van der Waals surface area contributed by atoms with Gasteiger partial charge in [-0.2, -0.15) is 0 Å². The van der Waals surface area contributed by atoms with Crippen LogP contribution in [0, 0.1) is 0 Å². The molecule has 17 heavy (non-hydrogen) atoms. The first kappa shape index (κ1) is 14.9. The van der Waals surface area contributed by atoms with Crippen molar-refractivity contribution in [3.8, 4) is 0 Å². The average Bonchev–Trinajstić information content (AvgIpc) is 2.53. The van der Waals surface area contributed by atoms with E-state index in [1.807, 2.05) is 0 Å². The van der Waals surface area contributed by atoms with Crippen LogP contribution < -0.4 is 5.32 Å². The summed E-state index contributed by atoms with van der Waals surface area (Å²) in [5, 5.41) is 3.56. The second-order valence-electron chi connectivity index (χ2n) is 5.30. The molecule has 1 aliphatic heterocycles. The summed E-state index contributed by atoms with van der Waals surface area (Å²) in [6.45, 7) is 11.9. The number of rotatable bonds is 7. The maximum Gasteiger partial charge on any atom is 0.0109 e. The van der Waals surface area contributed by atoms with E-state index in [-0.39, 0.29) is 0 Å². The number of nitrogens with one attached hydrogen (secondary N) is 1. The Kier molecular flexibility index (Phi) is 7.82. The van der Waals surface area contributed by atoms with Crippen molar-refractivity contribution in [3.05, 3.63) is 0 Å². The molecule has 3 heteroatoms. The van der Waals surface area contributed by atoms with Gasteiger partial charge < -0.3 is 15.1 Å². The first-order chi connectivity index (χ1) is 8.26. The molecule has 0 aromatic carbocycles. The summed E-state index contributed by atoms with van der Waals surface area (Å²) >= 11 is 0. The summed E-state index contributed by atoms with van der Waals surface area (Å²) in [6, 6.07) is 0.731. The molecule has 1 atom stereocenters. The molecule has 0 spiro atoms. The lowest BCUT2D eigenvalue weighted by atomic mass is 10.1. The van der Waals surface area contributed by atoms with E-state index in [2.05, 4.69) is 36.0 Å². The number of nitrogens with zero attached hydrogens (tertiary/aromatic N) is 2. The van der Waals surface area contributed by atoms with Crippen molar-refractivity contribution in [3.63, 3.8) is 0 Å². The van der Waals surface area contributed by atoms with Crippen molar-refractivity contribution in [1.82, 2.24) is 15.1 Å². The standard InChI is InChI=1S/C14H31N3/c1-4-14(15-5-2)8-6-10-17-11-7-9-16(3)12-13-17/h14-15H,4-13H2,1-3H3. The molecular formula is C14H31N3. The van der Waals surface area contributed by atoms with Crippen molar-refractivity contribution >= 4 is 0 Å². The lowest BCUT2D eigenvalue weighted by Crippen LogP contribution is -2.32. The molecule has 1 rings (SSSR count). The van der Waals surface area contributed by atoms with Crippen LogP contribution in [0.3, 0.4) is 0 Å². The van der Waals surface area contributed by atoms with Gasteiger partial charge in [0.25, 0.3) is 0 Å². The second kappa shape index (κ2) is 8.90. The van der Waals surface area contributed by atoms with E-state index in [4.69, 9.17) is 0 Å². The molecule has 1 aliphatic rings. The van der Waals surface area contributed by atoms with Crippen LogP contribution in [0.5, 0.6) is 0 Å². The van der Waals surface area contributed by atoms with E-state index >= 15 is 0 Å². The summed E-state index contributed by atoms with van der Waals surface area (Å²) in [7, 11) is 2.24. The summed E-state index contributed by atoms with van der Waals surface area (Å²) in [5.41, 5.74) is 0. The van der Waals surface area contributed by atoms with Crippen LogP contribution in [0.25, 0.3) is 0 Å². The second-order valence-corrected chi connectivity index (χ2v) is 5.30. The molecule has 102 valence electrons. The maximum atomic E-state index is 3.56. The minimum Gasteiger partial charge on any atom is -0.314 e. The molecule has 1 N–H and O–H groups in total. The third-order valence-electron chi connectivity index (χ3n) is 3.82. The lowest BCUT2D eigenvalue weighted by Gasteiger charge is -2.22. The predicted molar refractivity (Wildman–Crippen MR) is 75.5 cm³/mol. The van der Waals surface area contributed by atoms with Gasteiger partial charge in [0.05, 0.1) is 0 Å². The Labute approximate surface area is 108 Å². The highest BCUT2D eigenvalue weighted by Crippen LogP contribution is 2.06. The molecule has 0 aromatic rings. The highest BCUT2D eigenvalue weighted by Gasteiger charge is 2.12. The third-order valence-corrected chi connectivity index (χ3v) is 3.82. The van der Waals surface area contributed by atoms with Gasteiger partial charge in [-0.25, -0.2) is 0 Å². The zero-order valence-corrected chi connectivity index (χ0v) is 12.0. The number of hydrogen-bond donors (Lipinski definition) is 1. The SMILES string of the molecule is CCNC(CC)CCCN1CCCN(C)CC1. The third kappa shape index (κ3) is 6.39. The van der Waals surface area contributed by atoms with Crippen molar-refractivity contribution < 1.29 is 0 Å². The lowest BCUT2D eigenvalue weighted by molar-refractivity contribution is 0.265. The molecule has 0 amide bonds. The van der Waals surface area contributed by atoms with E-state index < -0.39 is 0 Å². The highest BCUT2D eigenvalue weighted by molar-refractivity contribution is 4.69. The van der Waals surface area contributed by atoms with Crippen LogP contribution in [0.1, 0.15) is 39.5 Å². The Balaban J connectivity index is 2.12. The topological polar surface area (TPSA) is 18.5 Å². The van der Waals surface area contributed by atoms with E-state index in [0.29, 0.717) is 0 Å². The van der Waals surface area contributed by atoms with Gasteiger partial charge in [-0.3, -0.25) is 0 Å². The summed E-state index contributed by atoms with van der Waals surface area (Å²) < 4.78 is 0. The van der Waals surface area contributed by atoms with Gasteiger partial charge in [-0.1, -0.05) is 13.8 Å². The molecule has 1 saturated heterocycles. The molecule has 0 radical (unpaired) electrons. The molecule has 0 aromatic heterocycles. The Morgan fingerprint density at radius 3 is 2.65 bits per heavy atom. The van der Waals surface area contributed by atoms with Crippen LogP contribution >= 0.6 is 0 Å². The van der Waals surface area contributed by atoms with Crippen LogP contribution in [0.2, 0.25) is 0 Å². The van der Waals surface area contributed by atoms with Crippen molar-refractivity contribution in [2.24, 2.45) is 0 Å². The molecule has 1 unspecified atom stereocenters. The summed E-state index contributed by atoms with van der Waals surface area (Å²) in [6.07, 6.45) is 5.27. The molecule has 1 heterocycles. The smallest absolute Gasteiger partial charge is 0.0109 e. The Bertz CT molecular complexity index is 184. The fourth-order valence-electron chi connectivity index (χ4n) is 2.62. The molecular weight excluding hydrogens is 210 g/mol. The van der Waals surface area contributed by atoms with E-state index in [1.54, 1.807) is 0 Å². The van der Waals surface area contributed by atoms with E-state index in [0.717, 1.165) is 12.6 Å². The summed E-state index contributed by atoms with van der Waals surface area (Å²) in [5.74, 6) is 0. The van der Waals surface area contributed by atoms with Gasteiger partial charge in [-0.05, 0) is 58.9 Å². The van der Waals surface area contributed by atoms with Crippen LogP contribution in [0.15, 0.2) is 0 Å². The van der Waals surface area contributed by atoms with Crippen LogP contribution in [-0.4, -0.2) is 62.2 Å². The predicted octanol–water partition coefficient (Wildman–Crippen LogP) is 1.79. The molecule has 3 nitrogen and oxygen atoms in total. The van der Waals surface area contributed by atoms with Gasteiger partial charge >= 0.3 is 0 Å². The van der Waals surface area contributed by atoms with Crippen LogP contribution in [0.4, 0.5) is 0 Å². The first-order valence-electron chi connectivity index (χ1n) is 7.40. The zero-order valence-electron chi connectivity index (χ0n) is 12.0.